The summed E-state index contributed by atoms with van der Waals surface area (Å²) in [4.78, 5) is 126. The molecule has 2 aliphatic carbocycles. The third kappa shape index (κ3) is 25.8. The predicted molar refractivity (Wildman–Crippen MR) is 421 cm³/mol. The molecule has 2 saturated carbocycles. The maximum atomic E-state index is 13.5. The number of aliphatic hydroxyl groups is 1. The second kappa shape index (κ2) is 42.6. The van der Waals surface area contributed by atoms with Gasteiger partial charge in [0.05, 0.1) is 0 Å². The Labute approximate surface area is 649 Å². The van der Waals surface area contributed by atoms with Crippen LogP contribution in [0, 0.1) is 17.6 Å². The van der Waals surface area contributed by atoms with Crippen LogP contribution in [0.5, 0.6) is 0 Å². The number of piperazine rings is 3. The maximum Gasteiger partial charge on any atom is 0.251 e. The number of aromatic nitrogens is 6. The molecule has 111 heavy (non-hydrogen) atoms. The van der Waals surface area contributed by atoms with Crippen LogP contribution < -0.4 is 21.7 Å². The second-order valence-corrected chi connectivity index (χ2v) is 29.1. The smallest absolute Gasteiger partial charge is 0.251 e. The molecule has 5 aliphatic rings. The summed E-state index contributed by atoms with van der Waals surface area (Å²) in [5, 5.41) is 17.9. The number of carbonyl (C=O) groups excluding carboxylic acids is 7. The van der Waals surface area contributed by atoms with E-state index in [0.29, 0.717) is 142 Å². The lowest BCUT2D eigenvalue weighted by Gasteiger charge is -2.34. The van der Waals surface area contributed by atoms with Gasteiger partial charge in [0.1, 0.15) is 36.0 Å². The SMILES string of the molecule is CN1CCN(C(=O)[C@H](CCCC=O)NC(=O)c2ccc(-c3ncccn3)cc2)CC1.CN1CCN(C(=O)[C@H](CCCCC[C@@H]2C[C@H]2c2ccc(F)cc2)NC(=O)c2ccc(-c3ncccn3)cc2)CC1.CN1CCN(C(=O)[C@H](CCCCO)NC(=O)c2ccc(-c3ncccn3)cc2)CC1.N[C@@H]1C[C@H]1c1ccc(F)cc1. The van der Waals surface area contributed by atoms with Gasteiger partial charge < -0.3 is 61.0 Å². The fraction of sp³-hybridized carbons (Fsp3) is 0.424. The average Bonchev–Trinajstić information content (AvgIpc) is 1.73. The molecule has 0 radical (unpaired) electrons. The van der Waals surface area contributed by atoms with E-state index in [9.17, 15) is 42.3 Å². The summed E-state index contributed by atoms with van der Waals surface area (Å²) in [5.74, 6) is 2.14. The number of benzene rings is 5. The van der Waals surface area contributed by atoms with Crippen molar-refractivity contribution in [2.75, 3.05) is 106 Å². The van der Waals surface area contributed by atoms with Crippen molar-refractivity contribution in [1.82, 2.24) is 75.3 Å². The number of unbranched alkanes of at least 4 members (excludes halogenated alkanes) is 4. The van der Waals surface area contributed by atoms with Gasteiger partial charge in [-0.2, -0.15) is 0 Å². The van der Waals surface area contributed by atoms with Gasteiger partial charge in [0.25, 0.3) is 17.7 Å². The molecule has 7 atom stereocenters. The Kier molecular flexibility index (Phi) is 31.9. The van der Waals surface area contributed by atoms with Crippen LogP contribution in [0.3, 0.4) is 0 Å². The number of aldehydes is 1. The highest BCUT2D eigenvalue weighted by Crippen LogP contribution is 2.50. The summed E-state index contributed by atoms with van der Waals surface area (Å²) in [6.45, 7) is 8.99. The topological polar surface area (TPSA) is 299 Å². The Bertz CT molecular complexity index is 4220. The zero-order valence-corrected chi connectivity index (χ0v) is 63.8. The van der Waals surface area contributed by atoms with Crippen molar-refractivity contribution in [3.63, 3.8) is 0 Å². The van der Waals surface area contributed by atoms with Gasteiger partial charge in [0.2, 0.25) is 17.7 Å². The number of nitrogens with zero attached hydrogens (tertiary/aromatic N) is 12. The van der Waals surface area contributed by atoms with Crippen molar-refractivity contribution in [2.45, 2.75) is 119 Å². The molecular weight excluding hydrogens is 1410 g/mol. The van der Waals surface area contributed by atoms with Crippen LogP contribution in [0.4, 0.5) is 8.78 Å². The molecule has 5 fully saturated rings. The molecule has 0 spiro atoms. The van der Waals surface area contributed by atoms with Crippen LogP contribution in [-0.2, 0) is 19.2 Å². The molecule has 6 N–H and O–H groups in total. The first-order valence-corrected chi connectivity index (χ1v) is 38.7. The first-order valence-electron chi connectivity index (χ1n) is 38.7. The molecule has 13 rings (SSSR count). The van der Waals surface area contributed by atoms with Crippen molar-refractivity contribution in [3.8, 4) is 34.2 Å². The van der Waals surface area contributed by atoms with E-state index in [2.05, 4.69) is 67.6 Å². The highest BCUT2D eigenvalue weighted by atomic mass is 19.1. The number of hydrogen-bond acceptors (Lipinski definition) is 18. The molecule has 26 heteroatoms. The molecule has 3 aliphatic heterocycles. The molecule has 6 amide bonds. The molecule has 586 valence electrons. The van der Waals surface area contributed by atoms with E-state index in [1.165, 1.54) is 29.7 Å². The molecule has 0 bridgehead atoms. The number of carbonyl (C=O) groups is 7. The number of likely N-dealkylation sites (N-methyl/N-ethyl adjacent to an activating group) is 3. The molecule has 5 aromatic carbocycles. The van der Waals surface area contributed by atoms with Gasteiger partial charge in [-0.3, -0.25) is 28.8 Å². The quantitative estimate of drug-likeness (QED) is 0.0225. The van der Waals surface area contributed by atoms with Gasteiger partial charge in [-0.05, 0) is 181 Å². The fourth-order valence-electron chi connectivity index (χ4n) is 13.7. The Morgan fingerprint density at radius 1 is 0.432 bits per heavy atom. The van der Waals surface area contributed by atoms with E-state index >= 15 is 0 Å². The molecule has 3 saturated heterocycles. The van der Waals surface area contributed by atoms with Crippen LogP contribution in [0.25, 0.3) is 34.2 Å². The Balaban J connectivity index is 0.000000167. The fourth-order valence-corrected chi connectivity index (χ4v) is 13.7. The van der Waals surface area contributed by atoms with E-state index in [4.69, 9.17) is 10.8 Å². The minimum absolute atomic E-state index is 0.00863. The molecule has 8 aromatic rings. The van der Waals surface area contributed by atoms with Gasteiger partial charge >= 0.3 is 0 Å². The Morgan fingerprint density at radius 3 is 1.06 bits per heavy atom. The minimum Gasteiger partial charge on any atom is -0.396 e. The Hall–Kier alpha value is -10.5. The van der Waals surface area contributed by atoms with Crippen molar-refractivity contribution in [1.29, 1.82) is 0 Å². The number of amides is 6. The monoisotopic (exact) mass is 1510 g/mol. The van der Waals surface area contributed by atoms with Crippen molar-refractivity contribution in [2.24, 2.45) is 11.7 Å². The number of nitrogens with two attached hydrogens (primary N) is 1. The normalized spacial score (nSPS) is 18.3. The number of hydrogen-bond donors (Lipinski definition) is 5. The van der Waals surface area contributed by atoms with Crippen LogP contribution in [0.2, 0.25) is 0 Å². The highest BCUT2D eigenvalue weighted by molar-refractivity contribution is 5.99. The second-order valence-electron chi connectivity index (χ2n) is 29.1. The largest absolute Gasteiger partial charge is 0.396 e. The lowest BCUT2D eigenvalue weighted by molar-refractivity contribution is -0.135. The van der Waals surface area contributed by atoms with Gasteiger partial charge in [0, 0.05) is 174 Å². The van der Waals surface area contributed by atoms with E-state index in [-0.39, 0.29) is 53.7 Å². The van der Waals surface area contributed by atoms with E-state index < -0.39 is 18.1 Å². The van der Waals surface area contributed by atoms with Crippen molar-refractivity contribution < 1.29 is 47.4 Å². The zero-order chi connectivity index (χ0) is 78.4. The Morgan fingerprint density at radius 2 is 0.748 bits per heavy atom. The first-order chi connectivity index (χ1) is 53.9. The standard InChI is InChI=1S/C32H38FN5O2.C22H29N5O3.C22H27N5O3.C9H10FN/c1-37-18-20-38(21-19-37)32(40)29(7-4-2-3-6-26-22-28(26)23-12-14-27(33)15-13-23)36-31(39)25-10-8-24(9-11-25)30-34-16-5-17-35-30;2*1-26-12-14-27(15-13-26)22(30)19(5-2-3-16-28)25-21(29)18-8-6-17(7-9-18)20-23-10-4-11-24-20;10-7-3-1-6(2-4-7)8-5-9(8)11/h5,8-17,26,28-29H,2-4,6-7,18-22H2,1H3,(H,36,39);4,6-11,19,28H,2-3,5,12-16H2,1H3,(H,25,29);4,6-11,16,19H,2-3,5,12-15H2,1H3,(H,25,29);1-4,8-9H,5,11H2/t26-,28+,29+;2*19-;8-,9+/m1000/s1. The van der Waals surface area contributed by atoms with Crippen molar-refractivity contribution >= 4 is 41.7 Å². The summed E-state index contributed by atoms with van der Waals surface area (Å²) in [7, 11) is 6.12. The molecule has 0 unspecified atom stereocenters. The van der Waals surface area contributed by atoms with Gasteiger partial charge in [0.15, 0.2) is 17.5 Å². The third-order valence-electron chi connectivity index (χ3n) is 20.8. The molecule has 6 heterocycles. The summed E-state index contributed by atoms with van der Waals surface area (Å²) >= 11 is 0. The highest BCUT2D eigenvalue weighted by Gasteiger charge is 2.38. The van der Waals surface area contributed by atoms with Gasteiger partial charge in [-0.25, -0.2) is 38.7 Å². The summed E-state index contributed by atoms with van der Waals surface area (Å²) < 4.78 is 25.6. The van der Waals surface area contributed by atoms with Gasteiger partial charge in [-0.1, -0.05) is 79.9 Å². The number of halogens is 2. The molecule has 3 aromatic heterocycles. The number of rotatable bonds is 28. The van der Waals surface area contributed by atoms with Crippen LogP contribution in [0.15, 0.2) is 177 Å². The van der Waals surface area contributed by atoms with E-state index in [1.807, 2.05) is 60.3 Å². The van der Waals surface area contributed by atoms with Gasteiger partial charge in [-0.15, -0.1) is 0 Å². The summed E-state index contributed by atoms with van der Waals surface area (Å²) in [5.41, 5.74) is 12.0. The first kappa shape index (κ1) is 83.0. The number of aliphatic hydroxyl groups excluding tert-OH is 1. The van der Waals surface area contributed by atoms with Crippen LogP contribution in [-0.4, -0.2) is 237 Å². The molecular formula is C85H104F2N16O8. The number of nitrogens with one attached hydrogen (secondary N) is 3. The lowest BCUT2D eigenvalue weighted by Crippen LogP contribution is -2.54. The zero-order valence-electron chi connectivity index (χ0n) is 63.8. The minimum atomic E-state index is -0.641. The van der Waals surface area contributed by atoms with Crippen molar-refractivity contribution in [3.05, 3.63) is 216 Å². The summed E-state index contributed by atoms with van der Waals surface area (Å²) in [6.07, 6.45) is 21.0. The maximum absolute atomic E-state index is 13.5. The predicted octanol–water partition coefficient (Wildman–Crippen LogP) is 9.11. The third-order valence-corrected chi connectivity index (χ3v) is 20.8. The summed E-state index contributed by atoms with van der Waals surface area (Å²) in [6, 6.07) is 38.4. The average molecular weight is 1520 g/mol. The van der Waals surface area contributed by atoms with E-state index in [1.54, 1.807) is 133 Å². The van der Waals surface area contributed by atoms with Crippen LogP contribution in [0.1, 0.15) is 138 Å². The van der Waals surface area contributed by atoms with E-state index in [0.717, 1.165) is 94.3 Å². The molecule has 24 nitrogen and oxygen atoms in total. The lowest BCUT2D eigenvalue weighted by atomic mass is 10.0. The van der Waals surface area contributed by atoms with Crippen LogP contribution >= 0.6 is 0 Å².